The van der Waals surface area contributed by atoms with Crippen molar-refractivity contribution < 1.29 is 14.2 Å². The maximum Gasteiger partial charge on any atom is 0.266 e. The van der Waals surface area contributed by atoms with Crippen molar-refractivity contribution in [1.29, 1.82) is 0 Å². The van der Waals surface area contributed by atoms with E-state index in [4.69, 9.17) is 0 Å². The number of likely N-dealkylation sites (tertiary alicyclic amines) is 1. The van der Waals surface area contributed by atoms with E-state index in [1.807, 2.05) is 75.8 Å². The Balaban J connectivity index is 1.18. The Morgan fingerprint density at radius 1 is 1.03 bits per heavy atom. The Kier molecular flexibility index (Phi) is 5.21. The van der Waals surface area contributed by atoms with Gasteiger partial charge in [0.25, 0.3) is 11.7 Å². The number of hydrogen-bond donors (Lipinski definition) is 0. The van der Waals surface area contributed by atoms with Gasteiger partial charge in [-0.15, -0.1) is 0 Å². The smallest absolute Gasteiger partial charge is 0.266 e. The SMILES string of the molecule is Cc1n(CC(=O)N2CCC3(C)c4ccccc4N(C)C23)cc[n+]1CC(=O)c1ccc2ccccc2c1. The van der Waals surface area contributed by atoms with E-state index in [2.05, 4.69) is 43.1 Å². The second-order valence-corrected chi connectivity index (χ2v) is 10.3. The van der Waals surface area contributed by atoms with E-state index in [1.54, 1.807) is 0 Å². The van der Waals surface area contributed by atoms with Crippen LogP contribution < -0.4 is 9.47 Å². The molecule has 0 aliphatic carbocycles. The van der Waals surface area contributed by atoms with Crippen LogP contribution in [-0.2, 0) is 23.3 Å². The maximum absolute atomic E-state index is 13.5. The number of carbonyl (C=O) groups excluding carboxylic acids is 2. The predicted octanol–water partition coefficient (Wildman–Crippen LogP) is 4.09. The lowest BCUT2D eigenvalue weighted by Crippen LogP contribution is -2.50. The standard InChI is InChI=1S/C30H31N4O2/c1-21-32(19-27(35)24-13-12-22-8-4-5-9-23(22)18-24)16-17-33(21)20-28(36)34-15-14-30(2)25-10-6-7-11-26(25)31(3)29(30)34/h4-13,16-18,29H,14-15,19-20H2,1-3H3/q+1. The van der Waals surface area contributed by atoms with Crippen LogP contribution >= 0.6 is 0 Å². The van der Waals surface area contributed by atoms with Gasteiger partial charge in [-0.2, -0.15) is 0 Å². The molecule has 3 aromatic carbocycles. The number of carbonyl (C=O) groups is 2. The van der Waals surface area contributed by atoms with Gasteiger partial charge in [0, 0.05) is 37.2 Å². The number of aromatic nitrogens is 2. The summed E-state index contributed by atoms with van der Waals surface area (Å²) in [5, 5.41) is 2.18. The lowest BCUT2D eigenvalue weighted by molar-refractivity contribution is -0.688. The van der Waals surface area contributed by atoms with Crippen LogP contribution in [0.4, 0.5) is 5.69 Å². The number of Topliss-reactive ketones (excluding diaryl/α,β-unsaturated/α-hetero) is 1. The first kappa shape index (κ1) is 22.5. The minimum Gasteiger partial charge on any atom is -0.353 e. The number of rotatable bonds is 5. The number of imidazole rings is 1. The molecule has 3 heterocycles. The summed E-state index contributed by atoms with van der Waals surface area (Å²) in [5.41, 5.74) is 3.18. The van der Waals surface area contributed by atoms with Gasteiger partial charge in [0.2, 0.25) is 5.78 Å². The first-order valence-corrected chi connectivity index (χ1v) is 12.6. The van der Waals surface area contributed by atoms with E-state index < -0.39 is 0 Å². The van der Waals surface area contributed by atoms with Crippen molar-refractivity contribution in [3.8, 4) is 0 Å². The molecule has 2 aliphatic heterocycles. The van der Waals surface area contributed by atoms with E-state index in [0.29, 0.717) is 5.56 Å². The molecule has 6 heteroatoms. The molecule has 1 aromatic heterocycles. The predicted molar refractivity (Wildman–Crippen MR) is 140 cm³/mol. The third kappa shape index (κ3) is 3.43. The van der Waals surface area contributed by atoms with Crippen LogP contribution in [0.2, 0.25) is 0 Å². The molecule has 0 spiro atoms. The average Bonchev–Trinajstić information content (AvgIpc) is 3.49. The van der Waals surface area contributed by atoms with Crippen molar-refractivity contribution in [2.45, 2.75) is 44.9 Å². The normalized spacial score (nSPS) is 20.6. The molecule has 6 nitrogen and oxygen atoms in total. The molecule has 1 fully saturated rings. The van der Waals surface area contributed by atoms with Gasteiger partial charge in [-0.1, -0.05) is 61.5 Å². The van der Waals surface area contributed by atoms with E-state index in [-0.39, 0.29) is 36.4 Å². The quantitative estimate of drug-likeness (QED) is 0.320. The van der Waals surface area contributed by atoms with Crippen LogP contribution in [-0.4, -0.2) is 40.9 Å². The highest BCUT2D eigenvalue weighted by Crippen LogP contribution is 2.51. The van der Waals surface area contributed by atoms with Crippen molar-refractivity contribution in [2.24, 2.45) is 0 Å². The second-order valence-electron chi connectivity index (χ2n) is 10.3. The van der Waals surface area contributed by atoms with Crippen LogP contribution in [0.3, 0.4) is 0 Å². The van der Waals surface area contributed by atoms with Crippen molar-refractivity contribution in [3.63, 3.8) is 0 Å². The van der Waals surface area contributed by atoms with Crippen LogP contribution in [0.1, 0.15) is 35.1 Å². The molecule has 2 atom stereocenters. The van der Waals surface area contributed by atoms with Crippen LogP contribution in [0.15, 0.2) is 79.1 Å². The Morgan fingerprint density at radius 2 is 1.78 bits per heavy atom. The molecule has 4 aromatic rings. The first-order chi connectivity index (χ1) is 17.4. The zero-order chi connectivity index (χ0) is 25.0. The number of anilines is 1. The summed E-state index contributed by atoms with van der Waals surface area (Å²) in [5.74, 6) is 1.05. The van der Waals surface area contributed by atoms with Gasteiger partial charge in [0.1, 0.15) is 18.6 Å². The van der Waals surface area contributed by atoms with Crippen molar-refractivity contribution >= 4 is 28.2 Å². The summed E-state index contributed by atoms with van der Waals surface area (Å²) in [7, 11) is 2.09. The van der Waals surface area contributed by atoms with Gasteiger partial charge in [0.05, 0.1) is 0 Å². The van der Waals surface area contributed by atoms with Crippen molar-refractivity contribution in [3.05, 3.63) is 96.1 Å². The molecule has 36 heavy (non-hydrogen) atoms. The summed E-state index contributed by atoms with van der Waals surface area (Å²) >= 11 is 0. The Bertz CT molecular complexity index is 1510. The minimum absolute atomic E-state index is 0.0277. The molecule has 1 saturated heterocycles. The van der Waals surface area contributed by atoms with Crippen LogP contribution in [0.5, 0.6) is 0 Å². The first-order valence-electron chi connectivity index (χ1n) is 12.6. The van der Waals surface area contributed by atoms with Crippen LogP contribution in [0.25, 0.3) is 10.8 Å². The molecule has 6 rings (SSSR count). The van der Waals surface area contributed by atoms with Gasteiger partial charge in [-0.3, -0.25) is 9.59 Å². The van der Waals surface area contributed by atoms with Crippen molar-refractivity contribution in [2.75, 3.05) is 18.5 Å². The Labute approximate surface area is 211 Å². The summed E-state index contributed by atoms with van der Waals surface area (Å²) in [6.45, 7) is 5.50. The highest BCUT2D eigenvalue weighted by molar-refractivity contribution is 5.99. The molecule has 182 valence electrons. The molecular formula is C30H31N4O2+. The Hall–Kier alpha value is -3.93. The molecule has 2 aliphatic rings. The summed E-state index contributed by atoms with van der Waals surface area (Å²) in [4.78, 5) is 30.9. The van der Waals surface area contributed by atoms with Gasteiger partial charge < -0.3 is 9.80 Å². The topological polar surface area (TPSA) is 49.4 Å². The third-order valence-electron chi connectivity index (χ3n) is 8.27. The number of nitrogens with zero attached hydrogens (tertiary/aromatic N) is 4. The fourth-order valence-corrected chi connectivity index (χ4v) is 6.24. The van der Waals surface area contributed by atoms with Crippen molar-refractivity contribution in [1.82, 2.24) is 9.47 Å². The van der Waals surface area contributed by atoms with Crippen LogP contribution in [0, 0.1) is 6.92 Å². The molecular weight excluding hydrogens is 448 g/mol. The number of benzene rings is 3. The van der Waals surface area contributed by atoms with Gasteiger partial charge >= 0.3 is 0 Å². The summed E-state index contributed by atoms with van der Waals surface area (Å²) < 4.78 is 3.88. The average molecular weight is 480 g/mol. The molecule has 0 saturated carbocycles. The zero-order valence-electron chi connectivity index (χ0n) is 21.0. The molecule has 0 bridgehead atoms. The molecule has 0 N–H and O–H groups in total. The third-order valence-corrected chi connectivity index (χ3v) is 8.27. The Morgan fingerprint density at radius 3 is 2.61 bits per heavy atom. The number of para-hydroxylation sites is 1. The molecule has 1 amide bonds. The minimum atomic E-state index is -0.0566. The second kappa shape index (κ2) is 8.33. The van der Waals surface area contributed by atoms with E-state index in [9.17, 15) is 9.59 Å². The van der Waals surface area contributed by atoms with Gasteiger partial charge in [0.15, 0.2) is 13.1 Å². The lowest BCUT2D eigenvalue weighted by atomic mass is 9.81. The number of likely N-dealkylation sites (N-methyl/N-ethyl adjacent to an activating group) is 1. The van der Waals surface area contributed by atoms with E-state index in [1.165, 1.54) is 11.3 Å². The molecule has 2 unspecified atom stereocenters. The largest absolute Gasteiger partial charge is 0.353 e. The summed E-state index contributed by atoms with van der Waals surface area (Å²) in [6, 6.07) is 22.4. The maximum atomic E-state index is 13.5. The molecule has 0 radical (unpaired) electrons. The fourth-order valence-electron chi connectivity index (χ4n) is 6.24. The number of amides is 1. The number of ketones is 1. The number of fused-ring (bicyclic) bond motifs is 4. The highest BCUT2D eigenvalue weighted by atomic mass is 16.2. The van der Waals surface area contributed by atoms with E-state index in [0.717, 1.165) is 29.6 Å². The monoisotopic (exact) mass is 479 g/mol. The van der Waals surface area contributed by atoms with E-state index >= 15 is 0 Å². The van der Waals surface area contributed by atoms with Gasteiger partial charge in [-0.05, 0) is 34.9 Å². The number of hydrogen-bond acceptors (Lipinski definition) is 3. The summed E-state index contributed by atoms with van der Waals surface area (Å²) in [6.07, 6.45) is 4.78. The highest BCUT2D eigenvalue weighted by Gasteiger charge is 2.54. The lowest BCUT2D eigenvalue weighted by Gasteiger charge is -2.34. The van der Waals surface area contributed by atoms with Gasteiger partial charge in [-0.25, -0.2) is 9.13 Å². The zero-order valence-corrected chi connectivity index (χ0v) is 21.0. The fraction of sp³-hybridized carbons (Fsp3) is 0.300.